The molecular weight excluding hydrogens is 236 g/mol. The number of aryl methyl sites for hydroxylation is 1. The van der Waals surface area contributed by atoms with Gasteiger partial charge in [-0.2, -0.15) is 5.10 Å². The molecule has 1 N–H and O–H groups in total. The topological polar surface area (TPSA) is 38.0 Å². The summed E-state index contributed by atoms with van der Waals surface area (Å²) in [5.74, 6) is 0. The number of halogens is 1. The maximum atomic E-state index is 11.1. The van der Waals surface area contributed by atoms with Crippen molar-refractivity contribution in [1.29, 1.82) is 0 Å². The van der Waals surface area contributed by atoms with Gasteiger partial charge in [-0.3, -0.25) is 4.68 Å². The first-order valence-corrected chi connectivity index (χ1v) is 6.74. The summed E-state index contributed by atoms with van der Waals surface area (Å²) in [7, 11) is 0. The van der Waals surface area contributed by atoms with Crippen LogP contribution in [-0.4, -0.2) is 14.9 Å². The molecule has 1 heterocycles. The van der Waals surface area contributed by atoms with E-state index in [1.807, 2.05) is 11.6 Å². The molecule has 0 bridgehead atoms. The molecule has 0 spiro atoms. The van der Waals surface area contributed by atoms with Gasteiger partial charge in [-0.1, -0.05) is 38.3 Å². The van der Waals surface area contributed by atoms with E-state index in [4.69, 9.17) is 11.6 Å². The monoisotopic (exact) mass is 256 g/mol. The third-order valence-electron chi connectivity index (χ3n) is 4.20. The molecule has 1 aromatic heterocycles. The van der Waals surface area contributed by atoms with Gasteiger partial charge >= 0.3 is 0 Å². The van der Waals surface area contributed by atoms with Gasteiger partial charge in [-0.25, -0.2) is 0 Å². The van der Waals surface area contributed by atoms with Gasteiger partial charge < -0.3 is 5.11 Å². The fraction of sp³-hybridized carbons (Fsp3) is 0.769. The van der Waals surface area contributed by atoms with Crippen LogP contribution >= 0.6 is 11.6 Å². The van der Waals surface area contributed by atoms with E-state index < -0.39 is 5.60 Å². The van der Waals surface area contributed by atoms with Crippen LogP contribution in [-0.2, 0) is 12.1 Å². The lowest BCUT2D eigenvalue weighted by Crippen LogP contribution is -2.46. The van der Waals surface area contributed by atoms with Gasteiger partial charge in [0.05, 0.1) is 16.9 Å². The quantitative estimate of drug-likeness (QED) is 0.881. The van der Waals surface area contributed by atoms with E-state index in [0.29, 0.717) is 5.02 Å². The van der Waals surface area contributed by atoms with Crippen LogP contribution in [0.4, 0.5) is 0 Å². The lowest BCUT2D eigenvalue weighted by atomic mass is 9.64. The van der Waals surface area contributed by atoms with Crippen LogP contribution in [0, 0.1) is 5.41 Å². The minimum absolute atomic E-state index is 0.151. The van der Waals surface area contributed by atoms with Crippen LogP contribution in [0.5, 0.6) is 0 Å². The number of nitrogens with zero attached hydrogens (tertiary/aromatic N) is 2. The second-order valence-corrected chi connectivity index (χ2v) is 6.02. The maximum Gasteiger partial charge on any atom is 0.113 e. The van der Waals surface area contributed by atoms with Gasteiger partial charge in [0.1, 0.15) is 5.60 Å². The first-order chi connectivity index (χ1) is 7.92. The highest BCUT2D eigenvalue weighted by Crippen LogP contribution is 2.51. The fourth-order valence-corrected chi connectivity index (χ4v) is 3.24. The summed E-state index contributed by atoms with van der Waals surface area (Å²) < 4.78 is 1.83. The van der Waals surface area contributed by atoms with Gasteiger partial charge in [0.25, 0.3) is 0 Å². The molecule has 1 fully saturated rings. The van der Waals surface area contributed by atoms with E-state index >= 15 is 0 Å². The molecular formula is C13H21ClN2O. The van der Waals surface area contributed by atoms with Crippen LogP contribution < -0.4 is 0 Å². The van der Waals surface area contributed by atoms with Crippen molar-refractivity contribution >= 4 is 11.6 Å². The van der Waals surface area contributed by atoms with Crippen molar-refractivity contribution in [1.82, 2.24) is 9.78 Å². The fourth-order valence-electron chi connectivity index (χ4n) is 2.95. The Kier molecular flexibility index (Phi) is 3.25. The number of aliphatic hydroxyl groups is 1. The van der Waals surface area contributed by atoms with Gasteiger partial charge in [0, 0.05) is 6.54 Å². The molecule has 1 aliphatic rings. The molecule has 0 aliphatic heterocycles. The lowest BCUT2D eigenvalue weighted by molar-refractivity contribution is -0.109. The Hall–Kier alpha value is -0.540. The number of hydrogen-bond donors (Lipinski definition) is 1. The van der Waals surface area contributed by atoms with Crippen molar-refractivity contribution in [2.75, 3.05) is 0 Å². The second kappa shape index (κ2) is 4.29. The summed E-state index contributed by atoms with van der Waals surface area (Å²) in [5, 5.41) is 15.9. The molecule has 0 saturated heterocycles. The van der Waals surface area contributed by atoms with Crippen molar-refractivity contribution in [3.8, 4) is 0 Å². The predicted molar refractivity (Wildman–Crippen MR) is 69.1 cm³/mol. The smallest absolute Gasteiger partial charge is 0.113 e. The standard InChI is InChI=1S/C13H21ClN2O/c1-4-16-11(10(14)9-15-16)13(17)8-6-5-7-12(13,2)3/h9,17H,4-8H2,1-3H3. The zero-order chi connectivity index (χ0) is 12.7. The molecule has 4 heteroatoms. The van der Waals surface area contributed by atoms with E-state index in [-0.39, 0.29) is 5.41 Å². The van der Waals surface area contributed by atoms with Crippen molar-refractivity contribution < 1.29 is 5.11 Å². The van der Waals surface area contributed by atoms with Crippen LogP contribution in [0.1, 0.15) is 52.1 Å². The first-order valence-electron chi connectivity index (χ1n) is 6.36. The summed E-state index contributed by atoms with van der Waals surface area (Å²) in [6, 6.07) is 0. The van der Waals surface area contributed by atoms with Gasteiger partial charge in [-0.05, 0) is 25.2 Å². The Morgan fingerprint density at radius 2 is 2.06 bits per heavy atom. The lowest BCUT2D eigenvalue weighted by Gasteiger charge is -2.46. The Morgan fingerprint density at radius 1 is 1.41 bits per heavy atom. The summed E-state index contributed by atoms with van der Waals surface area (Å²) in [6.07, 6.45) is 5.65. The molecule has 1 aliphatic carbocycles. The van der Waals surface area contributed by atoms with Gasteiger partial charge in [0.2, 0.25) is 0 Å². The highest BCUT2D eigenvalue weighted by molar-refractivity contribution is 6.31. The zero-order valence-corrected chi connectivity index (χ0v) is 11.6. The molecule has 1 atom stereocenters. The Balaban J connectivity index is 2.52. The number of hydrogen-bond acceptors (Lipinski definition) is 2. The molecule has 1 aromatic rings. The predicted octanol–water partition coefficient (Wildman–Crippen LogP) is 3.34. The third kappa shape index (κ3) is 1.89. The summed E-state index contributed by atoms with van der Waals surface area (Å²) in [5.41, 5.74) is -0.206. The Labute approximate surface area is 108 Å². The van der Waals surface area contributed by atoms with Gasteiger partial charge in [-0.15, -0.1) is 0 Å². The van der Waals surface area contributed by atoms with Crippen molar-refractivity contribution in [2.24, 2.45) is 5.41 Å². The molecule has 0 radical (unpaired) electrons. The largest absolute Gasteiger partial charge is 0.383 e. The highest BCUT2D eigenvalue weighted by atomic mass is 35.5. The van der Waals surface area contributed by atoms with Crippen LogP contribution in [0.3, 0.4) is 0 Å². The van der Waals surface area contributed by atoms with E-state index in [9.17, 15) is 5.11 Å². The summed E-state index contributed by atoms with van der Waals surface area (Å²) in [4.78, 5) is 0. The third-order valence-corrected chi connectivity index (χ3v) is 4.47. The van der Waals surface area contributed by atoms with Gasteiger partial charge in [0.15, 0.2) is 0 Å². The van der Waals surface area contributed by atoms with E-state index in [1.54, 1.807) is 6.20 Å². The Morgan fingerprint density at radius 3 is 2.65 bits per heavy atom. The molecule has 96 valence electrons. The van der Waals surface area contributed by atoms with Crippen LogP contribution in [0.2, 0.25) is 5.02 Å². The Bertz CT molecular complexity index is 414. The van der Waals surface area contributed by atoms with Crippen molar-refractivity contribution in [3.05, 3.63) is 16.9 Å². The highest BCUT2D eigenvalue weighted by Gasteiger charge is 2.49. The normalized spacial score (nSPS) is 28.3. The summed E-state index contributed by atoms with van der Waals surface area (Å²) in [6.45, 7) is 7.00. The zero-order valence-electron chi connectivity index (χ0n) is 10.8. The minimum Gasteiger partial charge on any atom is -0.383 e. The average molecular weight is 257 g/mol. The average Bonchev–Trinajstić information content (AvgIpc) is 2.64. The van der Waals surface area contributed by atoms with E-state index in [0.717, 1.165) is 31.5 Å². The van der Waals surface area contributed by atoms with E-state index in [2.05, 4.69) is 18.9 Å². The molecule has 0 aromatic carbocycles. The maximum absolute atomic E-state index is 11.1. The minimum atomic E-state index is -0.852. The summed E-state index contributed by atoms with van der Waals surface area (Å²) >= 11 is 6.23. The number of rotatable bonds is 2. The van der Waals surface area contributed by atoms with Crippen LogP contribution in [0.25, 0.3) is 0 Å². The molecule has 3 nitrogen and oxygen atoms in total. The van der Waals surface area contributed by atoms with E-state index in [1.165, 1.54) is 6.42 Å². The molecule has 2 rings (SSSR count). The second-order valence-electron chi connectivity index (χ2n) is 5.61. The molecule has 1 unspecified atom stereocenters. The van der Waals surface area contributed by atoms with Crippen molar-refractivity contribution in [2.45, 2.75) is 58.6 Å². The SMILES string of the molecule is CCn1ncc(Cl)c1C1(O)CCCCC1(C)C. The van der Waals surface area contributed by atoms with Crippen LogP contribution in [0.15, 0.2) is 6.20 Å². The molecule has 17 heavy (non-hydrogen) atoms. The van der Waals surface area contributed by atoms with Crippen molar-refractivity contribution in [3.63, 3.8) is 0 Å². The molecule has 1 saturated carbocycles. The number of aromatic nitrogens is 2. The molecule has 0 amide bonds. The first kappa shape index (κ1) is 12.9.